The van der Waals surface area contributed by atoms with E-state index in [0.717, 1.165) is 27.7 Å². The quantitative estimate of drug-likeness (QED) is 0.210. The highest BCUT2D eigenvalue weighted by molar-refractivity contribution is 5.68. The van der Waals surface area contributed by atoms with E-state index in [9.17, 15) is 19.2 Å². The Balaban J connectivity index is 3.28. The van der Waals surface area contributed by atoms with E-state index in [-0.39, 0.29) is 6.61 Å². The lowest BCUT2D eigenvalue weighted by Gasteiger charge is -2.42. The van der Waals surface area contributed by atoms with Crippen LogP contribution >= 0.6 is 0 Å². The number of hydrogen-bond acceptors (Lipinski definition) is 10. The first kappa shape index (κ1) is 21.2. The Hall–Kier alpha value is -2.85. The van der Waals surface area contributed by atoms with Crippen molar-refractivity contribution in [3.05, 3.63) is 10.4 Å². The predicted octanol–water partition coefficient (Wildman–Crippen LogP) is 0.380. The minimum atomic E-state index is -1.44. The molecule has 0 aromatic heterocycles. The topological polar surface area (TPSA) is 163 Å². The number of rotatable bonds is 6. The fraction of sp³-hybridized carbons (Fsp3) is 0.714. The van der Waals surface area contributed by atoms with E-state index in [1.54, 1.807) is 0 Å². The monoisotopic (exact) mass is 373 g/mol. The molecule has 1 heterocycles. The Bertz CT molecular complexity index is 617. The van der Waals surface area contributed by atoms with Crippen molar-refractivity contribution in [3.8, 4) is 0 Å². The van der Waals surface area contributed by atoms with Gasteiger partial charge in [-0.1, -0.05) is 5.11 Å². The highest BCUT2D eigenvalue weighted by atomic mass is 16.7. The van der Waals surface area contributed by atoms with Gasteiger partial charge in [0.1, 0.15) is 18.8 Å². The van der Waals surface area contributed by atoms with E-state index in [2.05, 4.69) is 10.0 Å². The molecule has 0 aromatic carbocycles. The molecule has 0 bridgehead atoms. The summed E-state index contributed by atoms with van der Waals surface area (Å²) in [5.74, 6) is -2.90. The Morgan fingerprint density at radius 2 is 1.46 bits per heavy atom. The van der Waals surface area contributed by atoms with Gasteiger partial charge in [0.25, 0.3) is 0 Å². The molecule has 0 saturated carbocycles. The average Bonchev–Trinajstić information content (AvgIpc) is 2.49. The lowest BCUT2D eigenvalue weighted by atomic mass is 9.97. The number of hydrogen-bond donors (Lipinski definition) is 0. The van der Waals surface area contributed by atoms with E-state index in [1.807, 2.05) is 0 Å². The third kappa shape index (κ3) is 6.22. The summed E-state index contributed by atoms with van der Waals surface area (Å²) in [4.78, 5) is 47.9. The summed E-state index contributed by atoms with van der Waals surface area (Å²) in [7, 11) is 0. The van der Waals surface area contributed by atoms with Crippen LogP contribution in [0.2, 0.25) is 0 Å². The zero-order valence-corrected chi connectivity index (χ0v) is 14.6. The second-order valence-electron chi connectivity index (χ2n) is 5.30. The lowest BCUT2D eigenvalue weighted by molar-refractivity contribution is -0.267. The summed E-state index contributed by atoms with van der Waals surface area (Å²) in [6.45, 7) is 4.06. The fourth-order valence-corrected chi connectivity index (χ4v) is 2.33. The zero-order valence-electron chi connectivity index (χ0n) is 14.6. The SMILES string of the molecule is CC(=O)OC[C@@H]1O[C@@H](OC(C)=O)[C@@H](N=[N+]=[N-])[C@H](OC(C)=O)[C@H]1OC(C)=O. The number of azide groups is 1. The second-order valence-corrected chi connectivity index (χ2v) is 5.30. The third-order valence-corrected chi connectivity index (χ3v) is 3.14. The van der Waals surface area contributed by atoms with E-state index in [4.69, 9.17) is 29.2 Å². The van der Waals surface area contributed by atoms with Crippen LogP contribution in [0.25, 0.3) is 10.4 Å². The molecular weight excluding hydrogens is 354 g/mol. The third-order valence-electron chi connectivity index (χ3n) is 3.14. The van der Waals surface area contributed by atoms with E-state index in [1.165, 1.54) is 0 Å². The molecule has 1 aliphatic rings. The van der Waals surface area contributed by atoms with Crippen LogP contribution in [0.15, 0.2) is 5.11 Å². The smallest absolute Gasteiger partial charge is 0.304 e. The zero-order chi connectivity index (χ0) is 19.9. The van der Waals surface area contributed by atoms with Gasteiger partial charge < -0.3 is 23.7 Å². The van der Waals surface area contributed by atoms with Crippen molar-refractivity contribution in [1.29, 1.82) is 0 Å². The first-order valence-corrected chi connectivity index (χ1v) is 7.50. The van der Waals surface area contributed by atoms with Crippen molar-refractivity contribution < 1.29 is 42.9 Å². The highest BCUT2D eigenvalue weighted by Crippen LogP contribution is 2.29. The van der Waals surface area contributed by atoms with Crippen LogP contribution in [0.5, 0.6) is 0 Å². The predicted molar refractivity (Wildman–Crippen MR) is 81.1 cm³/mol. The van der Waals surface area contributed by atoms with Gasteiger partial charge in [-0.2, -0.15) is 0 Å². The number of carbonyl (C=O) groups is 4. The molecule has 1 saturated heterocycles. The molecule has 144 valence electrons. The minimum absolute atomic E-state index is 0.383. The minimum Gasteiger partial charge on any atom is -0.463 e. The fourth-order valence-electron chi connectivity index (χ4n) is 2.33. The molecule has 0 aliphatic carbocycles. The van der Waals surface area contributed by atoms with Gasteiger partial charge in [0, 0.05) is 32.6 Å². The van der Waals surface area contributed by atoms with Gasteiger partial charge in [-0.25, -0.2) is 0 Å². The van der Waals surface area contributed by atoms with Gasteiger partial charge in [-0.15, -0.1) is 0 Å². The molecule has 0 N–H and O–H groups in total. The molecule has 1 rings (SSSR count). The van der Waals surface area contributed by atoms with Gasteiger partial charge in [-0.05, 0) is 5.53 Å². The molecular formula is C14H19N3O9. The molecule has 0 radical (unpaired) electrons. The summed E-state index contributed by atoms with van der Waals surface area (Å²) < 4.78 is 25.5. The molecule has 0 aromatic rings. The van der Waals surface area contributed by atoms with Crippen LogP contribution in [-0.4, -0.2) is 61.1 Å². The summed E-state index contributed by atoms with van der Waals surface area (Å²) in [6, 6.07) is -1.33. The first-order valence-electron chi connectivity index (χ1n) is 7.50. The standard InChI is InChI=1S/C14H19N3O9/c1-6(18)22-5-10-12(23-7(2)19)13(24-8(3)20)11(16-17-15)14(26-10)25-9(4)21/h10-14H,5H2,1-4H3/t10-,11-,12-,13-,14+/m0/s1. The van der Waals surface area contributed by atoms with E-state index >= 15 is 0 Å². The Labute approximate surface area is 148 Å². The maximum atomic E-state index is 11.5. The molecule has 1 aliphatic heterocycles. The van der Waals surface area contributed by atoms with Crippen molar-refractivity contribution in [2.75, 3.05) is 6.61 Å². The molecule has 12 nitrogen and oxygen atoms in total. The molecule has 0 spiro atoms. The Kier molecular flexibility index (Phi) is 7.81. The van der Waals surface area contributed by atoms with Crippen molar-refractivity contribution in [2.45, 2.75) is 58.3 Å². The van der Waals surface area contributed by atoms with Crippen molar-refractivity contribution in [1.82, 2.24) is 0 Å². The maximum absolute atomic E-state index is 11.5. The first-order chi connectivity index (χ1) is 12.1. The van der Waals surface area contributed by atoms with Gasteiger partial charge >= 0.3 is 23.9 Å². The molecule has 12 heteroatoms. The summed E-state index contributed by atoms with van der Waals surface area (Å²) in [5.41, 5.74) is 8.78. The van der Waals surface area contributed by atoms with Crippen LogP contribution in [0.4, 0.5) is 0 Å². The normalized spacial score (nSPS) is 27.5. The molecule has 1 fully saturated rings. The van der Waals surface area contributed by atoms with Gasteiger partial charge in [-0.3, -0.25) is 19.2 Å². The number of nitrogens with zero attached hydrogens (tertiary/aromatic N) is 3. The van der Waals surface area contributed by atoms with Crippen LogP contribution in [0, 0.1) is 0 Å². The van der Waals surface area contributed by atoms with Gasteiger partial charge in [0.2, 0.25) is 6.29 Å². The van der Waals surface area contributed by atoms with E-state index in [0.29, 0.717) is 0 Å². The largest absolute Gasteiger partial charge is 0.463 e. The number of esters is 4. The summed E-state index contributed by atoms with van der Waals surface area (Å²) >= 11 is 0. The number of carbonyl (C=O) groups excluding carboxylic acids is 4. The van der Waals surface area contributed by atoms with Crippen LogP contribution in [-0.2, 0) is 42.9 Å². The lowest BCUT2D eigenvalue weighted by Crippen LogP contribution is -2.61. The highest BCUT2D eigenvalue weighted by Gasteiger charge is 2.51. The Morgan fingerprint density at radius 3 is 1.92 bits per heavy atom. The van der Waals surface area contributed by atoms with Crippen LogP contribution in [0.1, 0.15) is 27.7 Å². The Morgan fingerprint density at radius 1 is 0.923 bits per heavy atom. The van der Waals surface area contributed by atoms with Crippen LogP contribution < -0.4 is 0 Å². The van der Waals surface area contributed by atoms with Crippen molar-refractivity contribution in [3.63, 3.8) is 0 Å². The van der Waals surface area contributed by atoms with Gasteiger partial charge in [0.05, 0.1) is 0 Å². The van der Waals surface area contributed by atoms with E-state index < -0.39 is 54.5 Å². The summed E-state index contributed by atoms with van der Waals surface area (Å²) in [5, 5.41) is 3.44. The molecule has 0 amide bonds. The molecule has 0 unspecified atom stereocenters. The van der Waals surface area contributed by atoms with Crippen LogP contribution in [0.3, 0.4) is 0 Å². The average molecular weight is 373 g/mol. The molecule has 5 atom stereocenters. The maximum Gasteiger partial charge on any atom is 0.304 e. The molecule has 26 heavy (non-hydrogen) atoms. The van der Waals surface area contributed by atoms with Crippen molar-refractivity contribution in [2.24, 2.45) is 5.11 Å². The number of ether oxygens (including phenoxy) is 5. The summed E-state index contributed by atoms with van der Waals surface area (Å²) in [6.07, 6.45) is -5.18. The van der Waals surface area contributed by atoms with Gasteiger partial charge in [0.15, 0.2) is 12.2 Å². The second kappa shape index (κ2) is 9.59. The van der Waals surface area contributed by atoms with Crippen molar-refractivity contribution >= 4 is 23.9 Å².